The van der Waals surface area contributed by atoms with Gasteiger partial charge in [-0.15, -0.1) is 13.2 Å². The van der Waals surface area contributed by atoms with Crippen molar-refractivity contribution in [3.05, 3.63) is 25.3 Å². The minimum absolute atomic E-state index is 0. The molecule has 0 aliphatic rings. The Hall–Kier alpha value is 0.266. The number of hydrogen-bond donors (Lipinski definition) is 2. The zero-order chi connectivity index (χ0) is 113. The second-order valence-corrected chi connectivity index (χ2v) is 65.0. The van der Waals surface area contributed by atoms with Gasteiger partial charge in [0.1, 0.15) is 0 Å². The first-order valence-electron chi connectivity index (χ1n) is 55.6. The molecule has 51 heteroatoms. The van der Waals surface area contributed by atoms with Gasteiger partial charge in [0.2, 0.25) is 0 Å². The Bertz CT molecular complexity index is 2510. The summed E-state index contributed by atoms with van der Waals surface area (Å²) in [6, 6.07) is 8.82. The van der Waals surface area contributed by atoms with E-state index in [1.54, 1.807) is 85.3 Å². The van der Waals surface area contributed by atoms with Crippen LogP contribution in [-0.4, -0.2) is 457 Å². The molecule has 0 radical (unpaired) electrons. The van der Waals surface area contributed by atoms with Gasteiger partial charge in [-0.05, 0) is 288 Å². The van der Waals surface area contributed by atoms with E-state index in [0.29, 0.717) is 152 Å². The van der Waals surface area contributed by atoms with E-state index in [1.807, 2.05) is 158 Å². The molecule has 0 saturated heterocycles. The first-order chi connectivity index (χ1) is 71.3. The lowest BCUT2D eigenvalue weighted by molar-refractivity contribution is 0.0669. The summed E-state index contributed by atoms with van der Waals surface area (Å²) in [4.78, 5) is 12.0. The highest BCUT2D eigenvalue weighted by atomic mass is 28.4. The summed E-state index contributed by atoms with van der Waals surface area (Å²) in [5.41, 5.74) is 11.6. The van der Waals surface area contributed by atoms with Crippen LogP contribution in [0.25, 0.3) is 0 Å². The van der Waals surface area contributed by atoms with Crippen LogP contribution >= 0.6 is 0 Å². The lowest BCUT2D eigenvalue weighted by Crippen LogP contribution is -2.47. The summed E-state index contributed by atoms with van der Waals surface area (Å²) in [5.74, 6) is 0. The van der Waals surface area contributed by atoms with Crippen molar-refractivity contribution in [3.63, 3.8) is 0 Å². The first-order valence-corrected chi connectivity index (χ1v) is 76.9. The van der Waals surface area contributed by atoms with Crippen molar-refractivity contribution in [2.75, 3.05) is 335 Å². The fraction of sp³-hybridized carbons (Fsp3) is 0.960. The van der Waals surface area contributed by atoms with E-state index in [0.717, 1.165) is 235 Å². The van der Waals surface area contributed by atoms with Gasteiger partial charge in [0.25, 0.3) is 0 Å². The molecule has 0 bridgehead atoms. The summed E-state index contributed by atoms with van der Waals surface area (Å²) >= 11 is 0. The Morgan fingerprint density at radius 3 is 0.340 bits per heavy atom. The average molecular weight is 2360 g/mol. The Labute approximate surface area is 931 Å². The summed E-state index contributed by atoms with van der Waals surface area (Å²) in [6.07, 6.45) is 14.3. The Morgan fingerprint density at radius 1 is 0.160 bits per heavy atom. The smallest absolute Gasteiger partial charge is 0.377 e. The predicted molar refractivity (Wildman–Crippen MR) is 629 cm³/mol. The van der Waals surface area contributed by atoms with Crippen LogP contribution in [0.2, 0.25) is 66.5 Å². The van der Waals surface area contributed by atoms with Gasteiger partial charge in [0.15, 0.2) is 0 Å². The molecule has 0 aliphatic carbocycles. The third-order valence-electron chi connectivity index (χ3n) is 23.6. The molecule has 0 rings (SSSR count). The van der Waals surface area contributed by atoms with Crippen molar-refractivity contribution in [1.82, 2.24) is 24.5 Å². The van der Waals surface area contributed by atoms with Crippen LogP contribution < -0.4 is 11.5 Å². The Morgan fingerprint density at radius 2 is 0.253 bits per heavy atom. The summed E-state index contributed by atoms with van der Waals surface area (Å²) in [6.45, 7) is 77.2. The van der Waals surface area contributed by atoms with Crippen molar-refractivity contribution < 1.29 is 146 Å². The number of nitrogens with zero attached hydrogens (tertiary/aromatic N) is 5. The SMILES string of the molecule is C.C.C=CCN(CCC[Si](OC)(OC)OC)CCC[Si](OC)(OC)OC.C=CCN(CCC[Si](OCC)(OCC)OCC)CCC[Si](OCC)(OCC)OCC.CCO[Si](CCCN(CCC[Si](OCC)(OCC)OCC)CCC[Si](OCC)(OCC)OCC)(OCC)OCC.CCO[Si](CCCN(CCN)CCC[Si](OCC)(OCC)OCC)(OCC)OCC.CO[Si](CCCN(CCN)CCC[Si](OC)(OC)OC)(OC)OC. The van der Waals surface area contributed by atoms with E-state index in [1.165, 1.54) is 0 Å². The van der Waals surface area contributed by atoms with E-state index in [9.17, 15) is 0 Å². The lowest BCUT2D eigenvalue weighted by atomic mass is 10.3. The molecule has 150 heavy (non-hydrogen) atoms. The van der Waals surface area contributed by atoms with Crippen molar-refractivity contribution in [1.29, 1.82) is 0 Å². The lowest BCUT2D eigenvalue weighted by Gasteiger charge is -2.32. The monoisotopic (exact) mass is 2360 g/mol. The van der Waals surface area contributed by atoms with Crippen LogP contribution in [0.1, 0.15) is 231 Å². The molecule has 0 spiro atoms. The Balaban J connectivity index is -0.000000344. The molecule has 0 amide bonds. The molecule has 0 aromatic heterocycles. The fourth-order valence-corrected chi connectivity index (χ4v) is 42.2. The highest BCUT2D eigenvalue weighted by molar-refractivity contribution is 6.64. The van der Waals surface area contributed by atoms with E-state index >= 15 is 0 Å². The van der Waals surface area contributed by atoms with Crippen molar-refractivity contribution in [3.8, 4) is 0 Å². The van der Waals surface area contributed by atoms with Crippen LogP contribution in [0, 0.1) is 0 Å². The largest absolute Gasteiger partial charge is 0.500 e. The molecule has 0 aromatic rings. The molecule has 0 atom stereocenters. The van der Waals surface area contributed by atoms with Gasteiger partial charge in [-0.2, -0.15) is 0 Å². The van der Waals surface area contributed by atoms with Crippen LogP contribution in [-0.2, 0) is 146 Å². The molecular formula is C99H237N7O33Si11. The molecule has 4 N–H and O–H groups in total. The molecule has 0 aromatic carbocycles. The van der Waals surface area contributed by atoms with Gasteiger partial charge in [-0.25, -0.2) is 0 Å². The van der Waals surface area contributed by atoms with Gasteiger partial charge < -0.3 is 172 Å². The minimum Gasteiger partial charge on any atom is -0.377 e. The molecule has 40 nitrogen and oxygen atoms in total. The first kappa shape index (κ1) is 163. The predicted octanol–water partition coefficient (Wildman–Crippen LogP) is 17.1. The van der Waals surface area contributed by atoms with Gasteiger partial charge in [-0.1, -0.05) is 27.0 Å². The maximum absolute atomic E-state index is 6.09. The maximum Gasteiger partial charge on any atom is 0.500 e. The van der Waals surface area contributed by atoms with Gasteiger partial charge in [0, 0.05) is 330 Å². The van der Waals surface area contributed by atoms with Crippen molar-refractivity contribution >= 4 is 96.8 Å². The summed E-state index contributed by atoms with van der Waals surface area (Å²) in [5, 5.41) is 0. The highest BCUT2D eigenvalue weighted by Crippen LogP contribution is 2.29. The summed E-state index contributed by atoms with van der Waals surface area (Å²) < 4.78 is 192. The number of hydrogen-bond acceptors (Lipinski definition) is 40. The van der Waals surface area contributed by atoms with Crippen molar-refractivity contribution in [2.24, 2.45) is 11.5 Å². The third kappa shape index (κ3) is 73.4. The normalized spacial score (nSPS) is 12.7. The van der Waals surface area contributed by atoms with Crippen LogP contribution in [0.3, 0.4) is 0 Å². The van der Waals surface area contributed by atoms with E-state index < -0.39 is 96.8 Å². The van der Waals surface area contributed by atoms with Crippen LogP contribution in [0.4, 0.5) is 0 Å². The molecule has 0 heterocycles. The molecule has 0 unspecified atom stereocenters. The zero-order valence-electron chi connectivity index (χ0n) is 100. The Kier molecular flexibility index (Phi) is 115. The topological polar surface area (TPSA) is 373 Å². The number of rotatable bonds is 106. The van der Waals surface area contributed by atoms with E-state index in [4.69, 9.17) is 158 Å². The summed E-state index contributed by atoms with van der Waals surface area (Å²) in [7, 11) is -8.66. The molecule has 0 aliphatic heterocycles. The molecule has 0 saturated carbocycles. The second kappa shape index (κ2) is 106. The van der Waals surface area contributed by atoms with E-state index in [-0.39, 0.29) is 14.9 Å². The number of nitrogens with two attached hydrogens (primary N) is 2. The van der Waals surface area contributed by atoms with Gasteiger partial charge in [-0.3, -0.25) is 9.80 Å². The maximum atomic E-state index is 6.09. The molecule has 0 fully saturated rings. The average Bonchev–Trinajstić information content (AvgIpc) is 0.880. The highest BCUT2D eigenvalue weighted by Gasteiger charge is 2.48. The zero-order valence-corrected chi connectivity index (χ0v) is 111. The standard InChI is InChI=1S/C27H63NO9Si3.C21H47NO6Si2.C20H48N2O6Si2.C15H35NO6Si2.C14H36N2O6Si2.2CH4/c1-10-29-38(30-11-2,31-12-3)25-19-22-28(23-20-26-39(32-13-4,33-14-5)34-15-6)24-21-27-40(35-16-7,36-17-8)37-18-9;1-8-17-22(18-15-20-29(23-9-2,24-10-3)25-11-4)19-16-21-30(26-12-5,27-13-6)28-14-7;1-7-23-29(24-8-2,25-9-3)19-13-16-22(18-15-21)17-14-20-30(26-10-4,27-11-5)28-12-6;1-8-11-16(12-9-14-23(17-2,18-3)19-4)13-10-15-24(20-5,21-6)22-7;1-17-23(18-2,19-3)13-7-10-16(12-9-15)11-8-14-24(20-4,21-5)22-6;;/h10-27H2,1-9H3;8H,1,9-21H2,2-7H3;7-21H2,1-6H3;8H,1,9-15H2,2-7H3;7-15H2,1-6H3;2*1H4. The quantitative estimate of drug-likeness (QED) is 0.0422. The van der Waals surface area contributed by atoms with Crippen LogP contribution in [0.15, 0.2) is 25.3 Å². The minimum atomic E-state index is -2.68. The molecule has 910 valence electrons. The fourth-order valence-electron chi connectivity index (χ4n) is 17.3. The second-order valence-electron chi connectivity index (χ2n) is 33.5. The van der Waals surface area contributed by atoms with Gasteiger partial charge >= 0.3 is 96.8 Å². The van der Waals surface area contributed by atoms with Gasteiger partial charge in [0.05, 0.1) is 0 Å². The van der Waals surface area contributed by atoms with E-state index in [2.05, 4.69) is 37.7 Å². The molecular weight excluding hydrogens is 2120 g/mol. The third-order valence-corrected chi connectivity index (χ3v) is 57.0. The van der Waals surface area contributed by atoms with Crippen LogP contribution in [0.5, 0.6) is 0 Å². The van der Waals surface area contributed by atoms with Crippen molar-refractivity contribution in [2.45, 2.75) is 297 Å².